The number of benzene rings is 1. The van der Waals surface area contributed by atoms with E-state index in [0.717, 1.165) is 5.56 Å². The average molecular weight is 262 g/mol. The van der Waals surface area contributed by atoms with Gasteiger partial charge in [0.25, 0.3) is 5.91 Å². The van der Waals surface area contributed by atoms with Crippen LogP contribution in [0.3, 0.4) is 0 Å². The highest BCUT2D eigenvalue weighted by Gasteiger charge is 2.38. The van der Waals surface area contributed by atoms with E-state index in [9.17, 15) is 4.79 Å². The minimum atomic E-state index is -0.121. The van der Waals surface area contributed by atoms with Crippen molar-refractivity contribution >= 4 is 5.91 Å². The van der Waals surface area contributed by atoms with Gasteiger partial charge in [-0.05, 0) is 50.3 Å². The minimum Gasteiger partial charge on any atom is -0.484 e. The summed E-state index contributed by atoms with van der Waals surface area (Å²) < 4.78 is 5.46. The Balaban J connectivity index is 1.79. The molecule has 1 amide bonds. The predicted octanol–water partition coefficient (Wildman–Crippen LogP) is 1.83. The van der Waals surface area contributed by atoms with E-state index in [0.29, 0.717) is 18.2 Å². The van der Waals surface area contributed by atoms with Crippen LogP contribution in [0, 0.1) is 5.92 Å². The summed E-state index contributed by atoms with van der Waals surface area (Å²) in [7, 11) is 0. The van der Waals surface area contributed by atoms with E-state index in [1.807, 2.05) is 24.3 Å². The van der Waals surface area contributed by atoms with Crippen LogP contribution in [0.1, 0.15) is 32.3 Å². The molecule has 0 aliphatic heterocycles. The highest BCUT2D eigenvalue weighted by Crippen LogP contribution is 2.39. The molecule has 0 atom stereocenters. The lowest BCUT2D eigenvalue weighted by atomic mass is 9.99. The number of carbonyl (C=O) groups excluding carboxylic acids is 1. The van der Waals surface area contributed by atoms with Crippen LogP contribution in [-0.4, -0.2) is 18.1 Å². The van der Waals surface area contributed by atoms with Crippen molar-refractivity contribution < 1.29 is 9.53 Å². The number of carbonyl (C=O) groups is 1. The van der Waals surface area contributed by atoms with Crippen molar-refractivity contribution in [1.29, 1.82) is 0 Å². The molecule has 0 aromatic heterocycles. The van der Waals surface area contributed by atoms with Crippen molar-refractivity contribution in [3.05, 3.63) is 29.8 Å². The first-order valence-corrected chi connectivity index (χ1v) is 6.74. The molecule has 104 valence electrons. The third-order valence-electron chi connectivity index (χ3n) is 3.59. The Kier molecular flexibility index (Phi) is 4.10. The fraction of sp³-hybridized carbons (Fsp3) is 0.533. The molecular weight excluding hydrogens is 240 g/mol. The molecule has 4 nitrogen and oxygen atoms in total. The van der Waals surface area contributed by atoms with Gasteiger partial charge in [-0.2, -0.15) is 0 Å². The minimum absolute atomic E-state index is 0.0537. The zero-order valence-corrected chi connectivity index (χ0v) is 11.6. The summed E-state index contributed by atoms with van der Waals surface area (Å²) in [6, 6.07) is 7.48. The van der Waals surface area contributed by atoms with Gasteiger partial charge in [-0.15, -0.1) is 0 Å². The maximum atomic E-state index is 11.8. The van der Waals surface area contributed by atoms with Crippen molar-refractivity contribution in [3.63, 3.8) is 0 Å². The van der Waals surface area contributed by atoms with E-state index in [1.165, 1.54) is 12.8 Å². The Bertz CT molecular complexity index is 436. The fourth-order valence-electron chi connectivity index (χ4n) is 2.17. The molecule has 1 fully saturated rings. The first kappa shape index (κ1) is 13.9. The van der Waals surface area contributed by atoms with Crippen LogP contribution in [0.4, 0.5) is 0 Å². The maximum Gasteiger partial charge on any atom is 0.258 e. The van der Waals surface area contributed by atoms with E-state index in [1.54, 1.807) is 0 Å². The summed E-state index contributed by atoms with van der Waals surface area (Å²) in [6.45, 7) is 4.70. The number of rotatable bonds is 6. The second-order valence-electron chi connectivity index (χ2n) is 5.68. The largest absolute Gasteiger partial charge is 0.484 e. The average Bonchev–Trinajstić information content (AvgIpc) is 3.21. The van der Waals surface area contributed by atoms with Gasteiger partial charge in [-0.25, -0.2) is 0 Å². The number of ether oxygens (including phenoxy) is 1. The van der Waals surface area contributed by atoms with Crippen molar-refractivity contribution in [2.45, 2.75) is 38.8 Å². The van der Waals surface area contributed by atoms with Gasteiger partial charge >= 0.3 is 0 Å². The van der Waals surface area contributed by atoms with E-state index in [-0.39, 0.29) is 18.1 Å². The number of nitrogens with two attached hydrogens (primary N) is 1. The molecule has 2 rings (SSSR count). The van der Waals surface area contributed by atoms with E-state index >= 15 is 0 Å². The second kappa shape index (κ2) is 5.61. The van der Waals surface area contributed by atoms with Gasteiger partial charge in [0.05, 0.1) is 0 Å². The summed E-state index contributed by atoms with van der Waals surface area (Å²) in [5.74, 6) is 1.23. The normalized spacial score (nSPS) is 15.1. The molecule has 4 heteroatoms. The molecule has 1 aromatic rings. The number of nitrogens with one attached hydrogen (secondary N) is 1. The first-order chi connectivity index (χ1) is 9.01. The molecule has 1 aliphatic carbocycles. The molecule has 1 aliphatic rings. The van der Waals surface area contributed by atoms with Crippen LogP contribution >= 0.6 is 0 Å². The monoisotopic (exact) mass is 262 g/mol. The van der Waals surface area contributed by atoms with Crippen LogP contribution < -0.4 is 15.8 Å². The van der Waals surface area contributed by atoms with Gasteiger partial charge in [0, 0.05) is 12.1 Å². The SMILES string of the molecule is CC(C)(NC(=O)COc1ccc(CN)cc1)C1CC1. The van der Waals surface area contributed by atoms with Crippen LogP contribution in [0.15, 0.2) is 24.3 Å². The maximum absolute atomic E-state index is 11.8. The summed E-state index contributed by atoms with van der Waals surface area (Å²) in [5.41, 5.74) is 6.45. The predicted molar refractivity (Wildman–Crippen MR) is 74.8 cm³/mol. The van der Waals surface area contributed by atoms with E-state index < -0.39 is 0 Å². The summed E-state index contributed by atoms with van der Waals surface area (Å²) in [5, 5.41) is 3.03. The Hall–Kier alpha value is -1.55. The van der Waals surface area contributed by atoms with Gasteiger partial charge in [-0.3, -0.25) is 4.79 Å². The van der Waals surface area contributed by atoms with Gasteiger partial charge < -0.3 is 15.8 Å². The van der Waals surface area contributed by atoms with Gasteiger partial charge in [0.2, 0.25) is 0 Å². The third-order valence-corrected chi connectivity index (χ3v) is 3.59. The zero-order valence-electron chi connectivity index (χ0n) is 11.6. The van der Waals surface area contributed by atoms with Crippen LogP contribution in [0.2, 0.25) is 0 Å². The third kappa shape index (κ3) is 3.96. The van der Waals surface area contributed by atoms with Crippen LogP contribution in [0.25, 0.3) is 0 Å². The Morgan fingerprint density at radius 1 is 1.37 bits per heavy atom. The number of hydrogen-bond donors (Lipinski definition) is 2. The Morgan fingerprint density at radius 3 is 2.53 bits per heavy atom. The lowest BCUT2D eigenvalue weighted by molar-refractivity contribution is -0.124. The molecule has 3 N–H and O–H groups in total. The van der Waals surface area contributed by atoms with E-state index in [4.69, 9.17) is 10.5 Å². The smallest absolute Gasteiger partial charge is 0.258 e. The van der Waals surface area contributed by atoms with Gasteiger partial charge in [-0.1, -0.05) is 12.1 Å². The molecular formula is C15H22N2O2. The lowest BCUT2D eigenvalue weighted by Gasteiger charge is -2.26. The highest BCUT2D eigenvalue weighted by molar-refractivity contribution is 5.78. The highest BCUT2D eigenvalue weighted by atomic mass is 16.5. The van der Waals surface area contributed by atoms with Crippen molar-refractivity contribution in [2.75, 3.05) is 6.61 Å². The first-order valence-electron chi connectivity index (χ1n) is 6.74. The van der Waals surface area contributed by atoms with Crippen LogP contribution in [-0.2, 0) is 11.3 Å². The second-order valence-corrected chi connectivity index (χ2v) is 5.68. The summed E-state index contributed by atoms with van der Waals surface area (Å²) >= 11 is 0. The van der Waals surface area contributed by atoms with Gasteiger partial charge in [0.1, 0.15) is 5.75 Å². The summed E-state index contributed by atoms with van der Waals surface area (Å²) in [6.07, 6.45) is 2.41. The van der Waals surface area contributed by atoms with Crippen molar-refractivity contribution in [1.82, 2.24) is 5.32 Å². The van der Waals surface area contributed by atoms with Crippen LogP contribution in [0.5, 0.6) is 5.75 Å². The number of hydrogen-bond acceptors (Lipinski definition) is 3. The topological polar surface area (TPSA) is 64.3 Å². The molecule has 0 bridgehead atoms. The Morgan fingerprint density at radius 2 is 2.00 bits per heavy atom. The summed E-state index contributed by atoms with van der Waals surface area (Å²) in [4.78, 5) is 11.8. The molecule has 0 radical (unpaired) electrons. The fourth-order valence-corrected chi connectivity index (χ4v) is 2.17. The van der Waals surface area contributed by atoms with Gasteiger partial charge in [0.15, 0.2) is 6.61 Å². The number of amides is 1. The molecule has 0 heterocycles. The van der Waals surface area contributed by atoms with Crippen molar-refractivity contribution in [2.24, 2.45) is 11.7 Å². The molecule has 1 aromatic carbocycles. The van der Waals surface area contributed by atoms with Crippen molar-refractivity contribution in [3.8, 4) is 5.75 Å². The molecule has 19 heavy (non-hydrogen) atoms. The Labute approximate surface area is 114 Å². The zero-order chi connectivity index (χ0) is 13.9. The molecule has 0 unspecified atom stereocenters. The quantitative estimate of drug-likeness (QED) is 0.822. The molecule has 1 saturated carbocycles. The standard InChI is InChI=1S/C15H22N2O2/c1-15(2,12-5-6-12)17-14(18)10-19-13-7-3-11(9-16)4-8-13/h3-4,7-8,12H,5-6,9-10,16H2,1-2H3,(H,17,18). The molecule has 0 spiro atoms. The van der Waals surface area contributed by atoms with E-state index in [2.05, 4.69) is 19.2 Å². The lowest BCUT2D eigenvalue weighted by Crippen LogP contribution is -2.47. The molecule has 0 saturated heterocycles.